The smallest absolute Gasteiger partial charge is 0.249 e. The number of amides is 1. The molecule has 8 N–H and O–H groups in total. The zero-order valence-electron chi connectivity index (χ0n) is 43.1. The van der Waals surface area contributed by atoms with Crippen molar-refractivity contribution in [2.24, 2.45) is 0 Å². The second-order valence-electron chi connectivity index (χ2n) is 20.0. The number of hydrogen-bond acceptors (Lipinski definition) is 10. The van der Waals surface area contributed by atoms with E-state index in [0.29, 0.717) is 12.8 Å². The van der Waals surface area contributed by atoms with Gasteiger partial charge in [-0.15, -0.1) is 0 Å². The number of rotatable bonds is 48. The van der Waals surface area contributed by atoms with Crippen molar-refractivity contribution in [2.45, 2.75) is 313 Å². The zero-order valence-corrected chi connectivity index (χ0v) is 43.1. The fraction of sp³-hybridized carbons (Fsp3) is 0.911. The molecule has 9 unspecified atom stereocenters. The van der Waals surface area contributed by atoms with E-state index in [9.17, 15) is 40.5 Å². The first kappa shape index (κ1) is 63.6. The molecule has 0 aliphatic carbocycles. The molecule has 0 radical (unpaired) electrons. The number of aliphatic hydroxyl groups excluding tert-OH is 7. The van der Waals surface area contributed by atoms with Gasteiger partial charge in [-0.05, 0) is 64.2 Å². The quantitative estimate of drug-likeness (QED) is 0.0215. The van der Waals surface area contributed by atoms with Gasteiger partial charge in [-0.25, -0.2) is 0 Å². The third kappa shape index (κ3) is 34.5. The second kappa shape index (κ2) is 45.7. The summed E-state index contributed by atoms with van der Waals surface area (Å²) in [6.45, 7) is 3.44. The highest BCUT2D eigenvalue weighted by Crippen LogP contribution is 2.23. The predicted molar refractivity (Wildman–Crippen MR) is 275 cm³/mol. The molecule has 0 saturated carbocycles. The SMILES string of the molecule is CCCCCCCCCC/C=C/CCCC(O)C(O)C(COC1OC(CO)C(O)C(O)C1O)NC(=O)C(O)CCCCCCCCCCCCC/C=C\CCCCCCCCCCCCCC. The van der Waals surface area contributed by atoms with Crippen LogP contribution >= 0.6 is 0 Å². The molecule has 1 saturated heterocycles. The van der Waals surface area contributed by atoms with E-state index in [1.807, 2.05) is 0 Å². The Kier molecular flexibility index (Phi) is 43.4. The van der Waals surface area contributed by atoms with Crippen LogP contribution in [0.1, 0.15) is 258 Å². The third-order valence-corrected chi connectivity index (χ3v) is 13.7. The van der Waals surface area contributed by atoms with Crippen LogP contribution < -0.4 is 5.32 Å². The topological polar surface area (TPSA) is 189 Å². The number of aliphatic hydroxyl groups is 7. The van der Waals surface area contributed by atoms with Crippen LogP contribution in [0, 0.1) is 0 Å². The van der Waals surface area contributed by atoms with Crippen molar-refractivity contribution >= 4 is 5.91 Å². The Bertz CT molecular complexity index is 1140. The molecule has 1 heterocycles. The van der Waals surface area contributed by atoms with E-state index in [-0.39, 0.29) is 12.8 Å². The summed E-state index contributed by atoms with van der Waals surface area (Å²) in [5.74, 6) is -0.705. The molecule has 0 aromatic rings. The summed E-state index contributed by atoms with van der Waals surface area (Å²) in [6, 6.07) is -1.18. The average Bonchev–Trinajstić information content (AvgIpc) is 3.33. The standard InChI is InChI=1S/C56H107NO10/c1-3-5-7-9-11-13-15-17-18-19-20-21-22-23-24-25-26-27-28-29-30-32-34-36-38-40-42-44-49(60)55(65)57-47(46-66-56-54(64)53(63)52(62)50(45-58)67-56)51(61)48(59)43-41-39-37-35-33-31-16-14-12-10-8-6-4-2/h23-24,35,37,47-54,56,58-64H,3-22,25-34,36,38-46H2,1-2H3,(H,57,65)/b24-23-,37-35+. The van der Waals surface area contributed by atoms with E-state index in [4.69, 9.17) is 9.47 Å². The van der Waals surface area contributed by atoms with Gasteiger partial charge < -0.3 is 50.5 Å². The van der Waals surface area contributed by atoms with E-state index in [2.05, 4.69) is 43.5 Å². The maximum atomic E-state index is 13.1. The lowest BCUT2D eigenvalue weighted by molar-refractivity contribution is -0.303. The van der Waals surface area contributed by atoms with Gasteiger partial charge in [0.1, 0.15) is 36.6 Å². The van der Waals surface area contributed by atoms with Crippen LogP contribution in [-0.2, 0) is 14.3 Å². The van der Waals surface area contributed by atoms with E-state index < -0.39 is 74.2 Å². The molecular weight excluding hydrogens is 847 g/mol. The second-order valence-corrected chi connectivity index (χ2v) is 20.0. The van der Waals surface area contributed by atoms with Gasteiger partial charge in [-0.3, -0.25) is 4.79 Å². The Morgan fingerprint density at radius 3 is 1.28 bits per heavy atom. The lowest BCUT2D eigenvalue weighted by atomic mass is 9.98. The predicted octanol–water partition coefficient (Wildman–Crippen LogP) is 11.3. The number of carbonyl (C=O) groups excluding carboxylic acids is 1. The molecular formula is C56H107NO10. The largest absolute Gasteiger partial charge is 0.394 e. The van der Waals surface area contributed by atoms with Crippen molar-refractivity contribution in [1.82, 2.24) is 5.32 Å². The fourth-order valence-electron chi connectivity index (χ4n) is 9.08. The summed E-state index contributed by atoms with van der Waals surface area (Å²) < 4.78 is 11.1. The Balaban J connectivity index is 2.27. The molecule has 0 bridgehead atoms. The number of carbonyl (C=O) groups is 1. The minimum atomic E-state index is -1.67. The van der Waals surface area contributed by atoms with Gasteiger partial charge in [0.2, 0.25) is 5.91 Å². The highest BCUT2D eigenvalue weighted by Gasteiger charge is 2.44. The van der Waals surface area contributed by atoms with Crippen molar-refractivity contribution in [3.05, 3.63) is 24.3 Å². The molecule has 0 spiro atoms. The molecule has 1 rings (SSSR count). The number of hydrogen-bond donors (Lipinski definition) is 8. The average molecular weight is 954 g/mol. The Labute approximate surface area is 410 Å². The third-order valence-electron chi connectivity index (χ3n) is 13.7. The minimum Gasteiger partial charge on any atom is -0.394 e. The normalized spacial score (nSPS) is 20.8. The van der Waals surface area contributed by atoms with E-state index in [0.717, 1.165) is 38.5 Å². The molecule has 11 nitrogen and oxygen atoms in total. The molecule has 1 aliphatic rings. The van der Waals surface area contributed by atoms with Crippen LogP contribution in [0.4, 0.5) is 0 Å². The van der Waals surface area contributed by atoms with Crippen LogP contribution in [0.15, 0.2) is 24.3 Å². The van der Waals surface area contributed by atoms with Crippen molar-refractivity contribution in [1.29, 1.82) is 0 Å². The summed E-state index contributed by atoms with van der Waals surface area (Å²) in [5.41, 5.74) is 0. The van der Waals surface area contributed by atoms with Gasteiger partial charge in [0.15, 0.2) is 6.29 Å². The highest BCUT2D eigenvalue weighted by molar-refractivity contribution is 5.80. The van der Waals surface area contributed by atoms with Crippen molar-refractivity contribution in [3.63, 3.8) is 0 Å². The lowest BCUT2D eigenvalue weighted by Gasteiger charge is -2.40. The number of ether oxygens (including phenoxy) is 2. The number of nitrogens with one attached hydrogen (secondary N) is 1. The summed E-state index contributed by atoms with van der Waals surface area (Å²) >= 11 is 0. The van der Waals surface area contributed by atoms with Gasteiger partial charge in [-0.2, -0.15) is 0 Å². The molecule has 9 atom stereocenters. The van der Waals surface area contributed by atoms with Gasteiger partial charge in [-0.1, -0.05) is 218 Å². The first-order chi connectivity index (χ1) is 32.7. The fourth-order valence-corrected chi connectivity index (χ4v) is 9.08. The number of unbranched alkanes of at least 4 members (excludes halogenated alkanes) is 32. The molecule has 1 amide bonds. The Hall–Kier alpha value is -1.41. The monoisotopic (exact) mass is 954 g/mol. The van der Waals surface area contributed by atoms with Crippen LogP contribution in [0.2, 0.25) is 0 Å². The lowest BCUT2D eigenvalue weighted by Crippen LogP contribution is -2.60. The van der Waals surface area contributed by atoms with Crippen LogP contribution in [-0.4, -0.2) is 110 Å². The van der Waals surface area contributed by atoms with Gasteiger partial charge in [0, 0.05) is 0 Å². The van der Waals surface area contributed by atoms with Gasteiger partial charge in [0.05, 0.1) is 25.4 Å². The van der Waals surface area contributed by atoms with E-state index in [1.54, 1.807) is 0 Å². The molecule has 1 fully saturated rings. The summed E-state index contributed by atoms with van der Waals surface area (Å²) in [7, 11) is 0. The van der Waals surface area contributed by atoms with Gasteiger partial charge >= 0.3 is 0 Å². The summed E-state index contributed by atoms with van der Waals surface area (Å²) in [5, 5.41) is 75.9. The first-order valence-corrected chi connectivity index (χ1v) is 28.2. The molecule has 11 heteroatoms. The zero-order chi connectivity index (χ0) is 49.0. The molecule has 0 aromatic carbocycles. The van der Waals surface area contributed by atoms with Crippen molar-refractivity contribution in [3.8, 4) is 0 Å². The van der Waals surface area contributed by atoms with Crippen LogP contribution in [0.5, 0.6) is 0 Å². The van der Waals surface area contributed by atoms with Crippen LogP contribution in [0.25, 0.3) is 0 Å². The molecule has 67 heavy (non-hydrogen) atoms. The molecule has 396 valence electrons. The first-order valence-electron chi connectivity index (χ1n) is 28.2. The van der Waals surface area contributed by atoms with Crippen LogP contribution in [0.3, 0.4) is 0 Å². The molecule has 0 aromatic heterocycles. The summed E-state index contributed by atoms with van der Waals surface area (Å²) in [6.07, 6.45) is 42.5. The van der Waals surface area contributed by atoms with E-state index in [1.165, 1.54) is 180 Å². The van der Waals surface area contributed by atoms with Crippen molar-refractivity contribution in [2.75, 3.05) is 13.2 Å². The number of allylic oxidation sites excluding steroid dienone is 4. The van der Waals surface area contributed by atoms with Crippen molar-refractivity contribution < 1.29 is 50.0 Å². The summed E-state index contributed by atoms with van der Waals surface area (Å²) in [4.78, 5) is 13.1. The highest BCUT2D eigenvalue weighted by atomic mass is 16.7. The maximum Gasteiger partial charge on any atom is 0.249 e. The Morgan fingerprint density at radius 2 is 0.881 bits per heavy atom. The van der Waals surface area contributed by atoms with E-state index >= 15 is 0 Å². The Morgan fingerprint density at radius 1 is 0.507 bits per heavy atom. The minimum absolute atomic E-state index is 0.255. The van der Waals surface area contributed by atoms with Gasteiger partial charge in [0.25, 0.3) is 0 Å². The maximum absolute atomic E-state index is 13.1. The molecule has 1 aliphatic heterocycles.